The third kappa shape index (κ3) is 5.13. The molecule has 0 amide bonds. The maximum atomic E-state index is 12.2. The van der Waals surface area contributed by atoms with E-state index in [1.807, 2.05) is 7.05 Å². The summed E-state index contributed by atoms with van der Waals surface area (Å²) in [5.41, 5.74) is 0.670. The van der Waals surface area contributed by atoms with Gasteiger partial charge in [-0.05, 0) is 24.6 Å². The molecular formula is C14H22ClNO2S. The molecule has 5 heteroatoms. The molecule has 0 aliphatic heterocycles. The minimum atomic E-state index is -3.17. The van der Waals surface area contributed by atoms with Crippen molar-refractivity contribution in [2.75, 3.05) is 12.8 Å². The fourth-order valence-electron chi connectivity index (χ4n) is 2.00. The lowest BCUT2D eigenvalue weighted by Crippen LogP contribution is -2.38. The van der Waals surface area contributed by atoms with Crippen LogP contribution in [0.2, 0.25) is 5.02 Å². The highest BCUT2D eigenvalue weighted by Crippen LogP contribution is 2.19. The van der Waals surface area contributed by atoms with Crippen molar-refractivity contribution in [2.24, 2.45) is 5.92 Å². The third-order valence-corrected chi connectivity index (χ3v) is 5.45. The van der Waals surface area contributed by atoms with Gasteiger partial charge in [-0.1, -0.05) is 50.1 Å². The van der Waals surface area contributed by atoms with Crippen LogP contribution in [-0.2, 0) is 15.6 Å². The van der Waals surface area contributed by atoms with Gasteiger partial charge in [-0.25, -0.2) is 8.42 Å². The van der Waals surface area contributed by atoms with Crippen LogP contribution in [0.3, 0.4) is 0 Å². The molecule has 0 spiro atoms. The Labute approximate surface area is 121 Å². The molecule has 3 nitrogen and oxygen atoms in total. The van der Waals surface area contributed by atoms with E-state index in [1.165, 1.54) is 0 Å². The Morgan fingerprint density at radius 3 is 2.47 bits per heavy atom. The Kier molecular flexibility index (Phi) is 6.30. The molecule has 0 aliphatic rings. The second kappa shape index (κ2) is 7.27. The molecule has 2 unspecified atom stereocenters. The summed E-state index contributed by atoms with van der Waals surface area (Å²) < 4.78 is 24.5. The first-order valence-corrected chi connectivity index (χ1v) is 8.70. The van der Waals surface area contributed by atoms with Gasteiger partial charge in [-0.3, -0.25) is 0 Å². The SMILES string of the molecule is CCC(C)C(CS(=O)(=O)Cc1ccccc1Cl)NC. The average molecular weight is 304 g/mol. The molecule has 1 aromatic carbocycles. The van der Waals surface area contributed by atoms with Gasteiger partial charge in [0.2, 0.25) is 0 Å². The van der Waals surface area contributed by atoms with Gasteiger partial charge < -0.3 is 5.32 Å². The fourth-order valence-corrected chi connectivity index (χ4v) is 4.17. The maximum absolute atomic E-state index is 12.2. The molecule has 0 heterocycles. The van der Waals surface area contributed by atoms with Crippen LogP contribution in [0.15, 0.2) is 24.3 Å². The van der Waals surface area contributed by atoms with Crippen molar-refractivity contribution in [3.05, 3.63) is 34.9 Å². The van der Waals surface area contributed by atoms with Crippen LogP contribution in [0.25, 0.3) is 0 Å². The summed E-state index contributed by atoms with van der Waals surface area (Å²) in [5.74, 6) is 0.469. The quantitative estimate of drug-likeness (QED) is 0.842. The molecule has 0 aliphatic carbocycles. The highest BCUT2D eigenvalue weighted by molar-refractivity contribution is 7.90. The number of hydrogen-bond acceptors (Lipinski definition) is 3. The van der Waals surface area contributed by atoms with Gasteiger partial charge in [0.05, 0.1) is 11.5 Å². The predicted molar refractivity (Wildman–Crippen MR) is 81.2 cm³/mol. The van der Waals surface area contributed by atoms with Gasteiger partial charge in [0.25, 0.3) is 0 Å². The molecule has 0 fully saturated rings. The number of halogens is 1. The molecule has 0 radical (unpaired) electrons. The van der Waals surface area contributed by atoms with Crippen molar-refractivity contribution in [3.63, 3.8) is 0 Å². The van der Waals surface area contributed by atoms with Crippen LogP contribution in [-0.4, -0.2) is 27.3 Å². The van der Waals surface area contributed by atoms with Crippen molar-refractivity contribution in [2.45, 2.75) is 32.1 Å². The molecule has 1 aromatic rings. The van der Waals surface area contributed by atoms with Gasteiger partial charge in [-0.15, -0.1) is 0 Å². The van der Waals surface area contributed by atoms with Crippen molar-refractivity contribution >= 4 is 21.4 Å². The van der Waals surface area contributed by atoms with E-state index in [1.54, 1.807) is 24.3 Å². The van der Waals surface area contributed by atoms with Crippen LogP contribution in [0.5, 0.6) is 0 Å². The zero-order valence-electron chi connectivity index (χ0n) is 11.7. The zero-order chi connectivity index (χ0) is 14.5. The van der Waals surface area contributed by atoms with E-state index >= 15 is 0 Å². The number of nitrogens with one attached hydrogen (secondary N) is 1. The number of rotatable bonds is 7. The van der Waals surface area contributed by atoms with Crippen molar-refractivity contribution < 1.29 is 8.42 Å². The summed E-state index contributed by atoms with van der Waals surface area (Å²) in [4.78, 5) is 0. The molecule has 108 valence electrons. The highest BCUT2D eigenvalue weighted by Gasteiger charge is 2.23. The zero-order valence-corrected chi connectivity index (χ0v) is 13.3. The lowest BCUT2D eigenvalue weighted by molar-refractivity contribution is 0.413. The summed E-state index contributed by atoms with van der Waals surface area (Å²) in [5, 5.41) is 3.61. The van der Waals surface area contributed by atoms with E-state index in [0.717, 1.165) is 6.42 Å². The van der Waals surface area contributed by atoms with Crippen molar-refractivity contribution in [1.29, 1.82) is 0 Å². The van der Waals surface area contributed by atoms with E-state index in [-0.39, 0.29) is 17.5 Å². The Bertz CT molecular complexity index is 502. The van der Waals surface area contributed by atoms with Gasteiger partial charge in [0.1, 0.15) is 0 Å². The van der Waals surface area contributed by atoms with E-state index in [4.69, 9.17) is 11.6 Å². The molecule has 1 rings (SSSR count). The van der Waals surface area contributed by atoms with Crippen LogP contribution in [0.1, 0.15) is 25.8 Å². The minimum Gasteiger partial charge on any atom is -0.316 e. The van der Waals surface area contributed by atoms with Crippen LogP contribution < -0.4 is 5.32 Å². The summed E-state index contributed by atoms with van der Waals surface area (Å²) >= 11 is 6.01. The topological polar surface area (TPSA) is 46.2 Å². The van der Waals surface area contributed by atoms with Gasteiger partial charge >= 0.3 is 0 Å². The molecule has 2 atom stereocenters. The monoisotopic (exact) mass is 303 g/mol. The Morgan fingerprint density at radius 1 is 1.32 bits per heavy atom. The molecule has 0 saturated heterocycles. The first-order valence-electron chi connectivity index (χ1n) is 6.50. The summed E-state index contributed by atoms with van der Waals surface area (Å²) in [6.45, 7) is 4.13. The Hall–Kier alpha value is -0.580. The minimum absolute atomic E-state index is 0.00128. The van der Waals surface area contributed by atoms with Crippen LogP contribution in [0.4, 0.5) is 0 Å². The standard InChI is InChI=1S/C14H22ClNO2S/c1-4-11(2)14(16-3)10-19(17,18)9-12-7-5-6-8-13(12)15/h5-8,11,14,16H,4,9-10H2,1-3H3. The molecular weight excluding hydrogens is 282 g/mol. The van der Waals surface area contributed by atoms with Crippen LogP contribution >= 0.6 is 11.6 Å². The maximum Gasteiger partial charge on any atom is 0.156 e. The normalized spacial score (nSPS) is 15.2. The summed E-state index contributed by atoms with van der Waals surface area (Å²) in [7, 11) is -1.36. The van der Waals surface area contributed by atoms with Crippen LogP contribution in [0, 0.1) is 5.92 Å². The first-order chi connectivity index (χ1) is 8.89. The first kappa shape index (κ1) is 16.5. The summed E-state index contributed by atoms with van der Waals surface area (Å²) in [6.07, 6.45) is 0.952. The number of sulfone groups is 1. The lowest BCUT2D eigenvalue weighted by Gasteiger charge is -2.22. The van der Waals surface area contributed by atoms with Crippen molar-refractivity contribution in [1.82, 2.24) is 5.32 Å². The van der Waals surface area contributed by atoms with Gasteiger partial charge in [-0.2, -0.15) is 0 Å². The van der Waals surface area contributed by atoms with E-state index < -0.39 is 9.84 Å². The molecule has 0 bridgehead atoms. The largest absolute Gasteiger partial charge is 0.316 e. The number of benzene rings is 1. The second-order valence-electron chi connectivity index (χ2n) is 4.93. The van der Waals surface area contributed by atoms with Gasteiger partial charge in [0.15, 0.2) is 9.84 Å². The third-order valence-electron chi connectivity index (χ3n) is 3.47. The van der Waals surface area contributed by atoms with Crippen molar-refractivity contribution in [3.8, 4) is 0 Å². The number of hydrogen-bond donors (Lipinski definition) is 1. The van der Waals surface area contributed by atoms with E-state index in [9.17, 15) is 8.42 Å². The molecule has 0 saturated carbocycles. The average Bonchev–Trinajstić information content (AvgIpc) is 2.37. The molecule has 0 aromatic heterocycles. The Balaban J connectivity index is 2.79. The van der Waals surface area contributed by atoms with Gasteiger partial charge in [0, 0.05) is 11.1 Å². The van der Waals surface area contributed by atoms with E-state index in [0.29, 0.717) is 16.5 Å². The smallest absolute Gasteiger partial charge is 0.156 e. The predicted octanol–water partition coefficient (Wildman–Crippen LogP) is 2.89. The Morgan fingerprint density at radius 2 is 1.95 bits per heavy atom. The fraction of sp³-hybridized carbons (Fsp3) is 0.571. The molecule has 1 N–H and O–H groups in total. The molecule has 19 heavy (non-hydrogen) atoms. The second-order valence-corrected chi connectivity index (χ2v) is 7.44. The summed E-state index contributed by atoms with van der Waals surface area (Å²) in [6, 6.07) is 7.07. The van der Waals surface area contributed by atoms with E-state index in [2.05, 4.69) is 19.2 Å². The highest BCUT2D eigenvalue weighted by atomic mass is 35.5. The lowest BCUT2D eigenvalue weighted by atomic mass is 10.0.